The molecule has 2 aromatic rings. The second-order valence-electron chi connectivity index (χ2n) is 4.02. The number of nitrogens with one attached hydrogen (secondary N) is 1. The van der Waals surface area contributed by atoms with E-state index in [-0.39, 0.29) is 11.6 Å². The van der Waals surface area contributed by atoms with Crippen molar-refractivity contribution in [2.45, 2.75) is 19.9 Å². The Labute approximate surface area is 104 Å². The molecule has 1 unspecified atom stereocenters. The van der Waals surface area contributed by atoms with Gasteiger partial charge in [-0.15, -0.1) is 0 Å². The molecule has 1 aromatic carbocycles. The first-order chi connectivity index (χ1) is 8.58. The lowest BCUT2D eigenvalue weighted by atomic mass is 10.2. The molecule has 1 heterocycles. The van der Waals surface area contributed by atoms with Gasteiger partial charge in [0.2, 0.25) is 5.91 Å². The van der Waals surface area contributed by atoms with Gasteiger partial charge in [0.05, 0.1) is 5.69 Å². The number of benzene rings is 1. The van der Waals surface area contributed by atoms with Crippen molar-refractivity contribution in [2.75, 3.05) is 5.32 Å². The summed E-state index contributed by atoms with van der Waals surface area (Å²) in [5, 5.41) is 6.41. The van der Waals surface area contributed by atoms with Crippen molar-refractivity contribution in [3.8, 4) is 0 Å². The number of aryl methyl sites for hydroxylation is 1. The Hall–Kier alpha value is -2.24. The molecule has 0 spiro atoms. The Morgan fingerprint density at radius 3 is 2.94 bits per heavy atom. The summed E-state index contributed by atoms with van der Waals surface area (Å²) < 4.78 is 14.9. The van der Waals surface area contributed by atoms with Crippen LogP contribution in [0.3, 0.4) is 0 Å². The van der Waals surface area contributed by atoms with Crippen molar-refractivity contribution in [3.05, 3.63) is 42.2 Å². The highest BCUT2D eigenvalue weighted by atomic mass is 19.1. The Bertz CT molecular complexity index is 553. The molecule has 1 aromatic heterocycles. The van der Waals surface area contributed by atoms with E-state index in [1.165, 1.54) is 23.4 Å². The van der Waals surface area contributed by atoms with Crippen LogP contribution in [0, 0.1) is 12.7 Å². The molecule has 94 valence electrons. The maximum Gasteiger partial charge on any atom is 0.249 e. The number of carbonyl (C=O) groups is 1. The molecule has 0 radical (unpaired) electrons. The smallest absolute Gasteiger partial charge is 0.249 e. The van der Waals surface area contributed by atoms with Crippen LogP contribution in [0.15, 0.2) is 30.9 Å². The summed E-state index contributed by atoms with van der Waals surface area (Å²) in [4.78, 5) is 15.7. The lowest BCUT2D eigenvalue weighted by molar-refractivity contribution is -0.119. The lowest BCUT2D eigenvalue weighted by Gasteiger charge is -2.12. The summed E-state index contributed by atoms with van der Waals surface area (Å²) in [6, 6.07) is 4.01. The first-order valence-electron chi connectivity index (χ1n) is 5.49. The number of amides is 1. The molecule has 0 fully saturated rings. The van der Waals surface area contributed by atoms with Gasteiger partial charge in [-0.1, -0.05) is 6.07 Å². The molecule has 6 heteroatoms. The minimum Gasteiger partial charge on any atom is -0.322 e. The zero-order chi connectivity index (χ0) is 13.1. The molecular weight excluding hydrogens is 235 g/mol. The van der Waals surface area contributed by atoms with Gasteiger partial charge in [-0.05, 0) is 31.5 Å². The number of hydrogen-bond donors (Lipinski definition) is 1. The maximum atomic E-state index is 13.5. The number of nitrogens with zero attached hydrogens (tertiary/aromatic N) is 3. The summed E-state index contributed by atoms with van der Waals surface area (Å²) >= 11 is 0. The highest BCUT2D eigenvalue weighted by Crippen LogP contribution is 2.17. The van der Waals surface area contributed by atoms with Crippen LogP contribution in [0.1, 0.15) is 18.5 Å². The summed E-state index contributed by atoms with van der Waals surface area (Å²) in [7, 11) is 0. The van der Waals surface area contributed by atoms with Crippen molar-refractivity contribution in [1.82, 2.24) is 14.8 Å². The molecule has 0 aliphatic rings. The maximum absolute atomic E-state index is 13.5. The van der Waals surface area contributed by atoms with Gasteiger partial charge in [0.15, 0.2) is 0 Å². The standard InChI is InChI=1S/C12H13FN4O/c1-8-3-4-10(13)11(5-8)16-12(18)9(2)17-7-14-6-15-17/h3-7,9H,1-2H3,(H,16,18). The van der Waals surface area contributed by atoms with Crippen molar-refractivity contribution < 1.29 is 9.18 Å². The third kappa shape index (κ3) is 2.53. The van der Waals surface area contributed by atoms with Gasteiger partial charge in [-0.2, -0.15) is 5.10 Å². The number of hydrogen-bond acceptors (Lipinski definition) is 3. The average molecular weight is 248 g/mol. The van der Waals surface area contributed by atoms with E-state index in [4.69, 9.17) is 0 Å². The minimum atomic E-state index is -0.549. The molecule has 5 nitrogen and oxygen atoms in total. The number of halogens is 1. The van der Waals surface area contributed by atoms with E-state index in [0.29, 0.717) is 0 Å². The fourth-order valence-electron chi connectivity index (χ4n) is 1.51. The van der Waals surface area contributed by atoms with Crippen LogP contribution in [0.2, 0.25) is 0 Å². The van der Waals surface area contributed by atoms with Crippen LogP contribution in [-0.2, 0) is 4.79 Å². The Morgan fingerprint density at radius 2 is 2.28 bits per heavy atom. The summed E-state index contributed by atoms with van der Waals surface area (Å²) in [5.74, 6) is -0.801. The van der Waals surface area contributed by atoms with E-state index in [1.54, 1.807) is 19.1 Å². The molecular formula is C12H13FN4O. The minimum absolute atomic E-state index is 0.173. The van der Waals surface area contributed by atoms with E-state index in [9.17, 15) is 9.18 Å². The van der Waals surface area contributed by atoms with Gasteiger partial charge in [-0.3, -0.25) is 4.79 Å². The zero-order valence-corrected chi connectivity index (χ0v) is 10.1. The van der Waals surface area contributed by atoms with Crippen LogP contribution in [0.4, 0.5) is 10.1 Å². The molecule has 18 heavy (non-hydrogen) atoms. The number of rotatable bonds is 3. The summed E-state index contributed by atoms with van der Waals surface area (Å²) in [6.07, 6.45) is 2.79. The third-order valence-electron chi connectivity index (χ3n) is 2.59. The Balaban J connectivity index is 2.14. The molecule has 1 amide bonds. The molecule has 0 bridgehead atoms. The number of aromatic nitrogens is 3. The quantitative estimate of drug-likeness (QED) is 0.902. The normalized spacial score (nSPS) is 12.2. The first-order valence-corrected chi connectivity index (χ1v) is 5.49. The fourth-order valence-corrected chi connectivity index (χ4v) is 1.51. The molecule has 0 saturated heterocycles. The average Bonchev–Trinajstić information content (AvgIpc) is 2.86. The van der Waals surface area contributed by atoms with Gasteiger partial charge in [-0.25, -0.2) is 14.1 Å². The second-order valence-corrected chi connectivity index (χ2v) is 4.02. The van der Waals surface area contributed by atoms with Crippen LogP contribution in [0.25, 0.3) is 0 Å². The largest absolute Gasteiger partial charge is 0.322 e. The number of carbonyl (C=O) groups excluding carboxylic acids is 1. The highest BCUT2D eigenvalue weighted by Gasteiger charge is 2.16. The molecule has 0 aliphatic heterocycles. The molecule has 1 atom stereocenters. The van der Waals surface area contributed by atoms with E-state index in [2.05, 4.69) is 15.4 Å². The van der Waals surface area contributed by atoms with Gasteiger partial charge in [0.25, 0.3) is 0 Å². The third-order valence-corrected chi connectivity index (χ3v) is 2.59. The molecule has 0 saturated carbocycles. The van der Waals surface area contributed by atoms with E-state index < -0.39 is 11.9 Å². The monoisotopic (exact) mass is 248 g/mol. The predicted octanol–water partition coefficient (Wildman–Crippen LogP) is 1.93. The van der Waals surface area contributed by atoms with E-state index in [0.717, 1.165) is 5.56 Å². The van der Waals surface area contributed by atoms with Gasteiger partial charge in [0, 0.05) is 0 Å². The van der Waals surface area contributed by atoms with Crippen molar-refractivity contribution in [3.63, 3.8) is 0 Å². The summed E-state index contributed by atoms with van der Waals surface area (Å²) in [5.41, 5.74) is 1.05. The first kappa shape index (κ1) is 12.2. The van der Waals surface area contributed by atoms with Crippen molar-refractivity contribution in [2.24, 2.45) is 0 Å². The van der Waals surface area contributed by atoms with Crippen LogP contribution in [0.5, 0.6) is 0 Å². The molecule has 2 rings (SSSR count). The van der Waals surface area contributed by atoms with Crippen molar-refractivity contribution >= 4 is 11.6 Å². The highest BCUT2D eigenvalue weighted by molar-refractivity contribution is 5.93. The van der Waals surface area contributed by atoms with Crippen LogP contribution >= 0.6 is 0 Å². The van der Waals surface area contributed by atoms with Gasteiger partial charge >= 0.3 is 0 Å². The zero-order valence-electron chi connectivity index (χ0n) is 10.1. The molecule has 1 N–H and O–H groups in total. The van der Waals surface area contributed by atoms with Crippen LogP contribution < -0.4 is 5.32 Å². The van der Waals surface area contributed by atoms with E-state index >= 15 is 0 Å². The van der Waals surface area contributed by atoms with E-state index in [1.807, 2.05) is 6.92 Å². The second kappa shape index (κ2) is 4.95. The SMILES string of the molecule is Cc1ccc(F)c(NC(=O)C(C)n2cncn2)c1. The van der Waals surface area contributed by atoms with Crippen molar-refractivity contribution in [1.29, 1.82) is 0 Å². The lowest BCUT2D eigenvalue weighted by Crippen LogP contribution is -2.24. The van der Waals surface area contributed by atoms with Gasteiger partial charge in [0.1, 0.15) is 24.5 Å². The molecule has 0 aliphatic carbocycles. The number of anilines is 1. The topological polar surface area (TPSA) is 59.8 Å². The Kier molecular flexibility index (Phi) is 3.36. The van der Waals surface area contributed by atoms with Crippen LogP contribution in [-0.4, -0.2) is 20.7 Å². The van der Waals surface area contributed by atoms with Gasteiger partial charge < -0.3 is 5.32 Å². The Morgan fingerprint density at radius 1 is 1.50 bits per heavy atom. The summed E-state index contributed by atoms with van der Waals surface area (Å²) in [6.45, 7) is 3.49. The fraction of sp³-hybridized carbons (Fsp3) is 0.250. The predicted molar refractivity (Wildman–Crippen MR) is 64.5 cm³/mol.